The minimum Gasteiger partial charge on any atom is -0.344 e. The van der Waals surface area contributed by atoms with E-state index < -0.39 is 0 Å². The lowest BCUT2D eigenvalue weighted by molar-refractivity contribution is 0.975. The van der Waals surface area contributed by atoms with E-state index in [2.05, 4.69) is 71.8 Å². The molecular formula is C20H21N3. The zero-order valence-electron chi connectivity index (χ0n) is 13.6. The van der Waals surface area contributed by atoms with Crippen LogP contribution in [0.1, 0.15) is 18.4 Å². The molecule has 2 aromatic heterocycles. The Kier molecular flexibility index (Phi) is 3.22. The van der Waals surface area contributed by atoms with Gasteiger partial charge in [-0.25, -0.2) is 4.98 Å². The Balaban J connectivity index is 1.74. The molecule has 1 aliphatic rings. The lowest BCUT2D eigenvalue weighted by atomic mass is 10.1. The summed E-state index contributed by atoms with van der Waals surface area (Å²) in [5.74, 6) is 1.51. The first-order chi connectivity index (χ1) is 11.1. The van der Waals surface area contributed by atoms with Crippen molar-refractivity contribution in [2.24, 2.45) is 13.0 Å². The number of aryl methyl sites for hydroxylation is 2. The largest absolute Gasteiger partial charge is 0.344 e. The quantitative estimate of drug-likeness (QED) is 0.744. The highest BCUT2D eigenvalue weighted by Crippen LogP contribution is 2.36. The van der Waals surface area contributed by atoms with Crippen molar-refractivity contribution in [3.8, 4) is 11.3 Å². The minimum absolute atomic E-state index is 0.628. The number of hydrogen-bond donors (Lipinski definition) is 1. The van der Waals surface area contributed by atoms with Crippen LogP contribution in [0.25, 0.3) is 22.2 Å². The zero-order chi connectivity index (χ0) is 16.0. The molecule has 0 unspecified atom stereocenters. The van der Waals surface area contributed by atoms with Gasteiger partial charge in [-0.05, 0) is 43.4 Å². The first-order valence-corrected chi connectivity index (χ1v) is 8.10. The maximum absolute atomic E-state index is 4.54. The average molecular weight is 303 g/mol. The summed E-state index contributed by atoms with van der Waals surface area (Å²) in [5, 5.41) is 4.52. The van der Waals surface area contributed by atoms with Crippen molar-refractivity contribution >= 4 is 16.7 Å². The summed E-state index contributed by atoms with van der Waals surface area (Å²) in [5.41, 5.74) is 5.99. The van der Waals surface area contributed by atoms with Gasteiger partial charge in [0.2, 0.25) is 0 Å². The number of fused-ring (bicyclic) bond motifs is 1. The molecule has 3 aromatic rings. The van der Waals surface area contributed by atoms with E-state index in [9.17, 15) is 0 Å². The van der Waals surface area contributed by atoms with Gasteiger partial charge in [-0.2, -0.15) is 0 Å². The van der Waals surface area contributed by atoms with Crippen molar-refractivity contribution in [2.45, 2.75) is 19.8 Å². The summed E-state index contributed by atoms with van der Waals surface area (Å²) in [6.07, 6.45) is 4.43. The molecule has 1 aromatic carbocycles. The van der Waals surface area contributed by atoms with E-state index >= 15 is 0 Å². The summed E-state index contributed by atoms with van der Waals surface area (Å²) in [6, 6.07) is 12.9. The fourth-order valence-electron chi connectivity index (χ4n) is 3.08. The molecule has 3 heteroatoms. The van der Waals surface area contributed by atoms with Crippen LogP contribution in [0.4, 0.5) is 5.82 Å². The third-order valence-electron chi connectivity index (χ3n) is 4.60. The fraction of sp³-hybridized carbons (Fsp3) is 0.250. The molecule has 0 amide bonds. The highest BCUT2D eigenvalue weighted by atomic mass is 15.0. The van der Waals surface area contributed by atoms with Crippen molar-refractivity contribution in [2.75, 3.05) is 5.32 Å². The molecule has 0 radical (unpaired) electrons. The van der Waals surface area contributed by atoms with E-state index in [1.54, 1.807) is 0 Å². The smallest absolute Gasteiger partial charge is 0.132 e. The predicted molar refractivity (Wildman–Crippen MR) is 96.4 cm³/mol. The van der Waals surface area contributed by atoms with Gasteiger partial charge in [-0.15, -0.1) is 0 Å². The number of hydrogen-bond acceptors (Lipinski definition) is 2. The molecule has 1 saturated carbocycles. The van der Waals surface area contributed by atoms with Gasteiger partial charge in [0.15, 0.2) is 0 Å². The van der Waals surface area contributed by atoms with Crippen LogP contribution in [0.15, 0.2) is 54.9 Å². The Labute approximate surface area is 136 Å². The number of aromatic nitrogens is 2. The second-order valence-electron chi connectivity index (χ2n) is 6.51. The van der Waals surface area contributed by atoms with Gasteiger partial charge in [0.25, 0.3) is 0 Å². The second kappa shape index (κ2) is 5.27. The normalized spacial score (nSPS) is 14.2. The summed E-state index contributed by atoms with van der Waals surface area (Å²) in [6.45, 7) is 6.24. The van der Waals surface area contributed by atoms with Gasteiger partial charge >= 0.3 is 0 Å². The van der Waals surface area contributed by atoms with Gasteiger partial charge in [0.05, 0.1) is 5.52 Å². The Morgan fingerprint density at radius 2 is 2.09 bits per heavy atom. The third kappa shape index (κ3) is 2.63. The molecule has 0 aliphatic heterocycles. The van der Waals surface area contributed by atoms with E-state index in [1.165, 1.54) is 35.2 Å². The molecule has 0 spiro atoms. The Morgan fingerprint density at radius 1 is 1.26 bits per heavy atom. The Hall–Kier alpha value is -2.55. The highest BCUT2D eigenvalue weighted by molar-refractivity contribution is 5.88. The van der Waals surface area contributed by atoms with Crippen LogP contribution in [0.5, 0.6) is 0 Å². The molecular weight excluding hydrogens is 282 g/mol. The number of nitrogens with one attached hydrogen (secondary N) is 1. The monoisotopic (exact) mass is 303 g/mol. The van der Waals surface area contributed by atoms with Gasteiger partial charge in [0, 0.05) is 36.1 Å². The van der Waals surface area contributed by atoms with Gasteiger partial charge in [-0.3, -0.25) is 0 Å². The predicted octanol–water partition coefficient (Wildman–Crippen LogP) is 4.88. The van der Waals surface area contributed by atoms with E-state index in [-0.39, 0.29) is 0 Å². The van der Waals surface area contributed by atoms with Crippen LogP contribution < -0.4 is 5.32 Å². The van der Waals surface area contributed by atoms with Crippen LogP contribution >= 0.6 is 0 Å². The van der Waals surface area contributed by atoms with Crippen molar-refractivity contribution < 1.29 is 0 Å². The molecule has 23 heavy (non-hydrogen) atoms. The van der Waals surface area contributed by atoms with Crippen LogP contribution in [0.3, 0.4) is 0 Å². The average Bonchev–Trinajstić information content (AvgIpc) is 3.33. The van der Waals surface area contributed by atoms with Crippen molar-refractivity contribution in [1.82, 2.24) is 9.55 Å². The lowest BCUT2D eigenvalue weighted by Crippen LogP contribution is -2.01. The Bertz CT molecular complexity index is 900. The maximum atomic E-state index is 4.54. The maximum Gasteiger partial charge on any atom is 0.132 e. The molecule has 3 nitrogen and oxygen atoms in total. The fourth-order valence-corrected chi connectivity index (χ4v) is 3.08. The summed E-state index contributed by atoms with van der Waals surface area (Å²) in [7, 11) is 2.11. The van der Waals surface area contributed by atoms with Crippen LogP contribution in [-0.2, 0) is 7.05 Å². The van der Waals surface area contributed by atoms with Gasteiger partial charge in [-0.1, -0.05) is 30.3 Å². The molecule has 4 rings (SSSR count). The molecule has 0 bridgehead atoms. The SMILES string of the molecule is C=C(Nc1cc2c(cn1)cc(-c1cccc(C)c1)n2C)C1CC1. The topological polar surface area (TPSA) is 29.9 Å². The third-order valence-corrected chi connectivity index (χ3v) is 4.60. The number of pyridine rings is 1. The second-order valence-corrected chi connectivity index (χ2v) is 6.51. The van der Waals surface area contributed by atoms with Crippen molar-refractivity contribution in [1.29, 1.82) is 0 Å². The lowest BCUT2D eigenvalue weighted by Gasteiger charge is -2.09. The number of benzene rings is 1. The first kappa shape index (κ1) is 14.1. The first-order valence-electron chi connectivity index (χ1n) is 8.10. The summed E-state index contributed by atoms with van der Waals surface area (Å²) in [4.78, 5) is 4.54. The minimum atomic E-state index is 0.628. The molecule has 1 N–H and O–H groups in total. The van der Waals surface area contributed by atoms with E-state index in [4.69, 9.17) is 0 Å². The number of anilines is 1. The van der Waals surface area contributed by atoms with E-state index in [1.807, 2.05) is 6.20 Å². The zero-order valence-corrected chi connectivity index (χ0v) is 13.6. The Morgan fingerprint density at radius 3 is 2.83 bits per heavy atom. The molecule has 0 atom stereocenters. The van der Waals surface area contributed by atoms with Gasteiger partial charge < -0.3 is 9.88 Å². The van der Waals surface area contributed by atoms with Crippen molar-refractivity contribution in [3.05, 3.63) is 60.4 Å². The molecule has 2 heterocycles. The highest BCUT2D eigenvalue weighted by Gasteiger charge is 2.24. The number of nitrogens with zero attached hydrogens (tertiary/aromatic N) is 2. The molecule has 1 fully saturated rings. The molecule has 0 saturated heterocycles. The van der Waals surface area contributed by atoms with E-state index in [0.717, 1.165) is 16.9 Å². The van der Waals surface area contributed by atoms with Crippen LogP contribution in [0, 0.1) is 12.8 Å². The number of allylic oxidation sites excluding steroid dienone is 1. The molecule has 1 aliphatic carbocycles. The molecule has 116 valence electrons. The number of rotatable bonds is 4. The van der Waals surface area contributed by atoms with Crippen molar-refractivity contribution in [3.63, 3.8) is 0 Å². The van der Waals surface area contributed by atoms with E-state index in [0.29, 0.717) is 5.92 Å². The summed E-state index contributed by atoms with van der Waals surface area (Å²) < 4.78 is 2.23. The van der Waals surface area contributed by atoms with Gasteiger partial charge in [0.1, 0.15) is 5.82 Å². The van der Waals surface area contributed by atoms with Crippen LogP contribution in [0.2, 0.25) is 0 Å². The summed E-state index contributed by atoms with van der Waals surface area (Å²) >= 11 is 0. The standard InChI is InChI=1S/C20H21N3/c1-13-5-4-6-16(9-13)18-10-17-12-21-20(11-19(17)23(18)3)22-14(2)15-7-8-15/h4-6,9-12,15H,2,7-8H2,1,3H3,(H,21,22). The van der Waals surface area contributed by atoms with Crippen LogP contribution in [-0.4, -0.2) is 9.55 Å².